The summed E-state index contributed by atoms with van der Waals surface area (Å²) in [5, 5.41) is 0. The molecule has 68 valence electrons. The number of hydrogen-bond acceptors (Lipinski definition) is 1. The minimum absolute atomic E-state index is 0.398. The van der Waals surface area contributed by atoms with Gasteiger partial charge in [-0.05, 0) is 36.8 Å². The molecular weight excluding hydrogens is 158 g/mol. The molecule has 2 atom stereocenters. The van der Waals surface area contributed by atoms with Gasteiger partial charge in [-0.25, -0.2) is 0 Å². The maximum Gasteiger partial charge on any atom is 0.0146 e. The molecule has 13 heavy (non-hydrogen) atoms. The molecule has 1 aromatic carbocycles. The van der Waals surface area contributed by atoms with Gasteiger partial charge >= 0.3 is 0 Å². The Labute approximate surface area is 78.9 Å². The third-order valence-electron chi connectivity index (χ3n) is 3.76. The van der Waals surface area contributed by atoms with Gasteiger partial charge in [0.15, 0.2) is 0 Å². The summed E-state index contributed by atoms with van der Waals surface area (Å²) in [5.41, 5.74) is 9.54. The Morgan fingerprint density at radius 3 is 2.85 bits per heavy atom. The highest BCUT2D eigenvalue weighted by molar-refractivity contribution is 5.43. The first kappa shape index (κ1) is 7.57. The Balaban J connectivity index is 2.13. The Kier molecular flexibility index (Phi) is 1.37. The van der Waals surface area contributed by atoms with Gasteiger partial charge in [0.1, 0.15) is 0 Å². The molecule has 1 fully saturated rings. The van der Waals surface area contributed by atoms with Gasteiger partial charge < -0.3 is 5.73 Å². The molecule has 0 aromatic heterocycles. The van der Waals surface area contributed by atoms with Crippen molar-refractivity contribution in [2.24, 2.45) is 5.73 Å². The monoisotopic (exact) mass is 173 g/mol. The van der Waals surface area contributed by atoms with Crippen molar-refractivity contribution < 1.29 is 0 Å². The normalized spacial score (nSPS) is 35.9. The Morgan fingerprint density at radius 2 is 2.08 bits per heavy atom. The molecule has 1 saturated carbocycles. The number of benzene rings is 1. The van der Waals surface area contributed by atoms with E-state index in [1.165, 1.54) is 25.7 Å². The highest BCUT2D eigenvalue weighted by Crippen LogP contribution is 2.54. The summed E-state index contributed by atoms with van der Waals surface area (Å²) in [7, 11) is 0. The van der Waals surface area contributed by atoms with Crippen molar-refractivity contribution in [1.29, 1.82) is 0 Å². The third kappa shape index (κ3) is 0.910. The quantitative estimate of drug-likeness (QED) is 0.638. The molecule has 2 aliphatic carbocycles. The lowest BCUT2D eigenvalue weighted by atomic mass is 9.80. The molecule has 1 spiro atoms. The van der Waals surface area contributed by atoms with Crippen molar-refractivity contribution in [2.45, 2.75) is 37.1 Å². The van der Waals surface area contributed by atoms with Crippen LogP contribution in [0.15, 0.2) is 24.3 Å². The maximum atomic E-state index is 6.05. The van der Waals surface area contributed by atoms with E-state index in [0.717, 1.165) is 0 Å². The van der Waals surface area contributed by atoms with Crippen molar-refractivity contribution in [2.75, 3.05) is 0 Å². The average Bonchev–Trinajstić information content (AvgIpc) is 2.79. The third-order valence-corrected chi connectivity index (χ3v) is 3.76. The summed E-state index contributed by atoms with van der Waals surface area (Å²) in [6.45, 7) is 0. The van der Waals surface area contributed by atoms with Crippen LogP contribution < -0.4 is 5.73 Å². The fraction of sp³-hybridized carbons (Fsp3) is 0.500. The molecule has 2 N–H and O–H groups in total. The van der Waals surface area contributed by atoms with Crippen LogP contribution in [0.3, 0.4) is 0 Å². The molecule has 2 aliphatic rings. The molecular formula is C12H15N. The van der Waals surface area contributed by atoms with Gasteiger partial charge in [0.05, 0.1) is 0 Å². The maximum absolute atomic E-state index is 6.05. The molecule has 0 amide bonds. The number of aryl methyl sites for hydroxylation is 1. The van der Waals surface area contributed by atoms with Crippen LogP contribution in [0.1, 0.15) is 30.4 Å². The first-order chi connectivity index (χ1) is 6.33. The summed E-state index contributed by atoms with van der Waals surface area (Å²) in [6.07, 6.45) is 5.10. The van der Waals surface area contributed by atoms with Gasteiger partial charge in [0.25, 0.3) is 0 Å². The summed E-state index contributed by atoms with van der Waals surface area (Å²) in [5.74, 6) is 0. The zero-order valence-electron chi connectivity index (χ0n) is 7.79. The van der Waals surface area contributed by atoms with E-state index in [1.54, 1.807) is 11.1 Å². The van der Waals surface area contributed by atoms with E-state index in [0.29, 0.717) is 11.5 Å². The van der Waals surface area contributed by atoms with Crippen LogP contribution in [0, 0.1) is 0 Å². The minimum Gasteiger partial charge on any atom is -0.327 e. The highest BCUT2D eigenvalue weighted by atomic mass is 14.8. The van der Waals surface area contributed by atoms with Crippen LogP contribution in [-0.4, -0.2) is 6.04 Å². The Hall–Kier alpha value is -0.820. The second kappa shape index (κ2) is 2.36. The van der Waals surface area contributed by atoms with E-state index in [1.807, 2.05) is 0 Å². The molecule has 0 bridgehead atoms. The van der Waals surface area contributed by atoms with Crippen LogP contribution in [0.25, 0.3) is 0 Å². The van der Waals surface area contributed by atoms with Crippen LogP contribution in [0.4, 0.5) is 0 Å². The SMILES string of the molecule is N[C@@H]1C[C@@]12CCCc1ccccc12. The predicted octanol–water partition coefficient (Wildman–Crippen LogP) is 1.99. The summed E-state index contributed by atoms with van der Waals surface area (Å²) in [4.78, 5) is 0. The average molecular weight is 173 g/mol. The van der Waals surface area contributed by atoms with E-state index >= 15 is 0 Å². The van der Waals surface area contributed by atoms with Crippen LogP contribution in [0.5, 0.6) is 0 Å². The second-order valence-electron chi connectivity index (χ2n) is 4.48. The lowest BCUT2D eigenvalue weighted by Gasteiger charge is -2.25. The fourth-order valence-corrected chi connectivity index (χ4v) is 2.88. The molecule has 0 aliphatic heterocycles. The minimum atomic E-state index is 0.398. The topological polar surface area (TPSA) is 26.0 Å². The van der Waals surface area contributed by atoms with E-state index in [4.69, 9.17) is 5.73 Å². The second-order valence-corrected chi connectivity index (χ2v) is 4.48. The Bertz CT molecular complexity index is 345. The summed E-state index contributed by atoms with van der Waals surface area (Å²) in [6, 6.07) is 9.28. The van der Waals surface area contributed by atoms with Gasteiger partial charge in [-0.1, -0.05) is 24.3 Å². The molecule has 3 rings (SSSR count). The van der Waals surface area contributed by atoms with Gasteiger partial charge in [-0.2, -0.15) is 0 Å². The first-order valence-corrected chi connectivity index (χ1v) is 5.17. The Morgan fingerprint density at radius 1 is 1.31 bits per heavy atom. The number of hydrogen-bond donors (Lipinski definition) is 1. The zero-order valence-corrected chi connectivity index (χ0v) is 7.79. The molecule has 0 unspecified atom stereocenters. The predicted molar refractivity (Wildman–Crippen MR) is 53.7 cm³/mol. The van der Waals surface area contributed by atoms with Gasteiger partial charge in [-0.3, -0.25) is 0 Å². The first-order valence-electron chi connectivity index (χ1n) is 5.17. The van der Waals surface area contributed by atoms with E-state index in [-0.39, 0.29) is 0 Å². The van der Waals surface area contributed by atoms with Gasteiger partial charge in [0, 0.05) is 11.5 Å². The number of fused-ring (bicyclic) bond motifs is 2. The standard InChI is InChI=1S/C12H15N/c13-11-8-12(11)7-3-5-9-4-1-2-6-10(9)12/h1-2,4,6,11H,3,5,7-8,13H2/t11-,12-/m1/s1. The summed E-state index contributed by atoms with van der Waals surface area (Å²) >= 11 is 0. The van der Waals surface area contributed by atoms with E-state index in [9.17, 15) is 0 Å². The van der Waals surface area contributed by atoms with Crippen LogP contribution in [-0.2, 0) is 11.8 Å². The highest BCUT2D eigenvalue weighted by Gasteiger charge is 2.54. The van der Waals surface area contributed by atoms with Crippen molar-refractivity contribution in [1.82, 2.24) is 0 Å². The molecule has 1 nitrogen and oxygen atoms in total. The van der Waals surface area contributed by atoms with Crippen molar-refractivity contribution >= 4 is 0 Å². The van der Waals surface area contributed by atoms with Gasteiger partial charge in [-0.15, -0.1) is 0 Å². The molecule has 1 aromatic rings. The van der Waals surface area contributed by atoms with E-state index in [2.05, 4.69) is 24.3 Å². The fourth-order valence-electron chi connectivity index (χ4n) is 2.88. The largest absolute Gasteiger partial charge is 0.327 e. The summed E-state index contributed by atoms with van der Waals surface area (Å²) < 4.78 is 0. The van der Waals surface area contributed by atoms with Crippen LogP contribution >= 0.6 is 0 Å². The van der Waals surface area contributed by atoms with Crippen molar-refractivity contribution in [3.63, 3.8) is 0 Å². The molecule has 1 heteroatoms. The smallest absolute Gasteiger partial charge is 0.0146 e. The lowest BCUT2D eigenvalue weighted by Crippen LogP contribution is -2.23. The van der Waals surface area contributed by atoms with Gasteiger partial charge in [0.2, 0.25) is 0 Å². The van der Waals surface area contributed by atoms with E-state index < -0.39 is 0 Å². The zero-order chi connectivity index (χ0) is 8.89. The molecule has 0 heterocycles. The molecule has 0 radical (unpaired) electrons. The van der Waals surface area contributed by atoms with Crippen LogP contribution in [0.2, 0.25) is 0 Å². The number of rotatable bonds is 0. The lowest BCUT2D eigenvalue weighted by molar-refractivity contribution is 0.526. The van der Waals surface area contributed by atoms with Crippen molar-refractivity contribution in [3.05, 3.63) is 35.4 Å². The van der Waals surface area contributed by atoms with Crippen molar-refractivity contribution in [3.8, 4) is 0 Å². The molecule has 0 saturated heterocycles. The number of nitrogens with two attached hydrogens (primary N) is 1.